The van der Waals surface area contributed by atoms with Crippen LogP contribution in [0, 0.1) is 5.41 Å². The Morgan fingerprint density at radius 1 is 1.44 bits per heavy atom. The van der Waals surface area contributed by atoms with Gasteiger partial charge >= 0.3 is 0 Å². The van der Waals surface area contributed by atoms with E-state index in [-0.39, 0.29) is 11.3 Å². The van der Waals surface area contributed by atoms with Gasteiger partial charge < -0.3 is 11.1 Å². The molecule has 0 unspecified atom stereocenters. The van der Waals surface area contributed by atoms with Crippen molar-refractivity contribution < 1.29 is 4.79 Å². The zero-order valence-electron chi connectivity index (χ0n) is 8.59. The predicted molar refractivity (Wildman–Crippen MR) is 71.2 cm³/mol. The summed E-state index contributed by atoms with van der Waals surface area (Å²) >= 11 is 6.77. The van der Waals surface area contributed by atoms with Crippen molar-refractivity contribution in [3.05, 3.63) is 27.1 Å². The molecule has 1 aliphatic carbocycles. The maximum atomic E-state index is 12.0. The lowest BCUT2D eigenvalue weighted by Gasteiger charge is -2.14. The van der Waals surface area contributed by atoms with E-state index in [0.717, 1.165) is 27.5 Å². The van der Waals surface area contributed by atoms with Gasteiger partial charge in [0, 0.05) is 15.5 Å². The molecule has 16 heavy (non-hydrogen) atoms. The van der Waals surface area contributed by atoms with Crippen molar-refractivity contribution in [1.29, 1.82) is 0 Å². The van der Waals surface area contributed by atoms with E-state index in [4.69, 9.17) is 5.73 Å². The largest absolute Gasteiger partial charge is 0.329 e. The smallest absolute Gasteiger partial charge is 0.231 e. The molecule has 0 bridgehead atoms. The highest BCUT2D eigenvalue weighted by Crippen LogP contribution is 2.45. The van der Waals surface area contributed by atoms with E-state index in [1.54, 1.807) is 0 Å². The van der Waals surface area contributed by atoms with Gasteiger partial charge in [-0.2, -0.15) is 0 Å². The van der Waals surface area contributed by atoms with Crippen molar-refractivity contribution in [3.8, 4) is 0 Å². The fourth-order valence-corrected chi connectivity index (χ4v) is 2.23. The number of amides is 1. The number of hydrogen-bond donors (Lipinski definition) is 2. The lowest BCUT2D eigenvalue weighted by molar-refractivity contribution is -0.120. The average Bonchev–Trinajstić information content (AvgIpc) is 3.04. The van der Waals surface area contributed by atoms with E-state index in [2.05, 4.69) is 37.2 Å². The Kier molecular flexibility index (Phi) is 3.37. The van der Waals surface area contributed by atoms with Crippen molar-refractivity contribution in [3.63, 3.8) is 0 Å². The Bertz CT molecular complexity index is 430. The van der Waals surface area contributed by atoms with Gasteiger partial charge in [-0.3, -0.25) is 4.79 Å². The molecule has 1 aliphatic rings. The summed E-state index contributed by atoms with van der Waals surface area (Å²) < 4.78 is 1.81. The van der Waals surface area contributed by atoms with Crippen LogP contribution in [0.1, 0.15) is 12.8 Å². The minimum atomic E-state index is -0.318. The summed E-state index contributed by atoms with van der Waals surface area (Å²) in [5.74, 6) is 0.0220. The zero-order valence-corrected chi connectivity index (χ0v) is 11.8. The molecule has 0 heterocycles. The predicted octanol–water partition coefficient (Wildman–Crippen LogP) is 2.89. The first-order chi connectivity index (χ1) is 7.57. The molecule has 2 rings (SSSR count). The minimum Gasteiger partial charge on any atom is -0.329 e. The third-order valence-corrected chi connectivity index (χ3v) is 4.09. The molecule has 3 nitrogen and oxygen atoms in total. The van der Waals surface area contributed by atoms with E-state index in [1.165, 1.54) is 0 Å². The van der Waals surface area contributed by atoms with Crippen LogP contribution in [0.3, 0.4) is 0 Å². The van der Waals surface area contributed by atoms with Crippen molar-refractivity contribution in [2.24, 2.45) is 11.1 Å². The minimum absolute atomic E-state index is 0.0220. The standard InChI is InChI=1S/C11H12Br2N2O/c12-7-1-2-8(13)9(5-7)15-10(16)11(6-14)3-4-11/h1-2,5H,3-4,6,14H2,(H,15,16). The van der Waals surface area contributed by atoms with E-state index < -0.39 is 0 Å². The molecule has 0 saturated heterocycles. The fourth-order valence-electron chi connectivity index (χ4n) is 1.52. The van der Waals surface area contributed by atoms with Crippen molar-refractivity contribution in [2.75, 3.05) is 11.9 Å². The summed E-state index contributed by atoms with van der Waals surface area (Å²) in [7, 11) is 0. The SMILES string of the molecule is NCC1(C(=O)Nc2cc(Br)ccc2Br)CC1. The van der Waals surface area contributed by atoms with Gasteiger partial charge in [-0.25, -0.2) is 0 Å². The second-order valence-electron chi connectivity index (χ2n) is 4.06. The highest BCUT2D eigenvalue weighted by Gasteiger charge is 2.48. The van der Waals surface area contributed by atoms with Crippen LogP contribution in [0.25, 0.3) is 0 Å². The third-order valence-electron chi connectivity index (χ3n) is 2.90. The first-order valence-corrected chi connectivity index (χ1v) is 6.63. The normalized spacial score (nSPS) is 16.9. The highest BCUT2D eigenvalue weighted by atomic mass is 79.9. The van der Waals surface area contributed by atoms with Gasteiger partial charge in [-0.1, -0.05) is 15.9 Å². The van der Waals surface area contributed by atoms with Gasteiger partial charge in [-0.15, -0.1) is 0 Å². The van der Waals surface area contributed by atoms with E-state index in [9.17, 15) is 4.79 Å². The second-order valence-corrected chi connectivity index (χ2v) is 5.83. The second kappa shape index (κ2) is 4.47. The maximum Gasteiger partial charge on any atom is 0.231 e. The van der Waals surface area contributed by atoms with E-state index in [1.807, 2.05) is 18.2 Å². The summed E-state index contributed by atoms with van der Waals surface area (Å²) in [5, 5.41) is 2.91. The first kappa shape index (κ1) is 12.1. The van der Waals surface area contributed by atoms with Gasteiger partial charge in [-0.05, 0) is 47.0 Å². The number of anilines is 1. The molecule has 1 aromatic rings. The number of benzene rings is 1. The topological polar surface area (TPSA) is 55.1 Å². The van der Waals surface area contributed by atoms with Gasteiger partial charge in [0.15, 0.2) is 0 Å². The van der Waals surface area contributed by atoms with Gasteiger partial charge in [0.05, 0.1) is 11.1 Å². The van der Waals surface area contributed by atoms with Crippen LogP contribution < -0.4 is 11.1 Å². The number of nitrogens with one attached hydrogen (secondary N) is 1. The van der Waals surface area contributed by atoms with E-state index >= 15 is 0 Å². The van der Waals surface area contributed by atoms with Crippen LogP contribution in [0.15, 0.2) is 27.1 Å². The zero-order chi connectivity index (χ0) is 11.8. The molecular formula is C11H12Br2N2O. The molecule has 0 spiro atoms. The Labute approximate surface area is 111 Å². The molecule has 5 heteroatoms. The van der Waals surface area contributed by atoms with Gasteiger partial charge in [0.1, 0.15) is 0 Å². The van der Waals surface area contributed by atoms with Crippen LogP contribution in [0.2, 0.25) is 0 Å². The lowest BCUT2D eigenvalue weighted by atomic mass is 10.1. The van der Waals surface area contributed by atoms with Crippen LogP contribution >= 0.6 is 31.9 Å². The van der Waals surface area contributed by atoms with Gasteiger partial charge in [0.2, 0.25) is 5.91 Å². The lowest BCUT2D eigenvalue weighted by Crippen LogP contribution is -2.30. The number of hydrogen-bond acceptors (Lipinski definition) is 2. The van der Waals surface area contributed by atoms with Crippen molar-refractivity contribution in [2.45, 2.75) is 12.8 Å². The van der Waals surface area contributed by atoms with Crippen molar-refractivity contribution in [1.82, 2.24) is 0 Å². The first-order valence-electron chi connectivity index (χ1n) is 5.04. The molecule has 1 aromatic carbocycles. The van der Waals surface area contributed by atoms with Gasteiger partial charge in [0.25, 0.3) is 0 Å². The van der Waals surface area contributed by atoms with Crippen LogP contribution in [-0.2, 0) is 4.79 Å². The molecule has 0 radical (unpaired) electrons. The molecule has 1 amide bonds. The number of rotatable bonds is 3. The third kappa shape index (κ3) is 2.31. The average molecular weight is 348 g/mol. The number of carbonyl (C=O) groups excluding carboxylic acids is 1. The summed E-state index contributed by atoms with van der Waals surface area (Å²) in [5.41, 5.74) is 6.07. The summed E-state index contributed by atoms with van der Waals surface area (Å²) in [6.45, 7) is 0.421. The summed E-state index contributed by atoms with van der Waals surface area (Å²) in [4.78, 5) is 12.0. The molecular weight excluding hydrogens is 336 g/mol. The maximum absolute atomic E-state index is 12.0. The van der Waals surface area contributed by atoms with Crippen LogP contribution in [0.4, 0.5) is 5.69 Å². The molecule has 1 saturated carbocycles. The monoisotopic (exact) mass is 346 g/mol. The molecule has 1 fully saturated rings. The van der Waals surface area contributed by atoms with E-state index in [0.29, 0.717) is 6.54 Å². The van der Waals surface area contributed by atoms with Crippen LogP contribution in [0.5, 0.6) is 0 Å². The number of nitrogens with two attached hydrogens (primary N) is 1. The Morgan fingerprint density at radius 3 is 2.69 bits per heavy atom. The van der Waals surface area contributed by atoms with Crippen molar-refractivity contribution >= 4 is 43.5 Å². The molecule has 3 N–H and O–H groups in total. The number of halogens is 2. The highest BCUT2D eigenvalue weighted by molar-refractivity contribution is 9.11. The molecule has 86 valence electrons. The van der Waals surface area contributed by atoms with Crippen LogP contribution in [-0.4, -0.2) is 12.5 Å². The molecule has 0 atom stereocenters. The summed E-state index contributed by atoms with van der Waals surface area (Å²) in [6.07, 6.45) is 1.78. The Balaban J connectivity index is 2.15. The Morgan fingerprint density at radius 2 is 2.12 bits per heavy atom. The Hall–Kier alpha value is -0.390. The summed E-state index contributed by atoms with van der Waals surface area (Å²) in [6, 6.07) is 5.67. The number of carbonyl (C=O) groups is 1. The molecule has 0 aliphatic heterocycles. The molecule has 0 aromatic heterocycles. The fraction of sp³-hybridized carbons (Fsp3) is 0.364. The quantitative estimate of drug-likeness (QED) is 0.883.